The molecule has 0 unspecified atom stereocenters. The molecular weight excluding hydrogens is 416 g/mol. The normalized spacial score (nSPS) is 18.8. The molecule has 0 saturated heterocycles. The molecule has 0 aromatic carbocycles. The van der Waals surface area contributed by atoms with Crippen molar-refractivity contribution in [2.75, 3.05) is 5.32 Å². The third kappa shape index (κ3) is 5.52. The average molecular weight is 443 g/mol. The Kier molecular flexibility index (Phi) is 7.24. The van der Waals surface area contributed by atoms with E-state index in [0.717, 1.165) is 22.9 Å². The van der Waals surface area contributed by atoms with Gasteiger partial charge in [0.15, 0.2) is 5.09 Å². The van der Waals surface area contributed by atoms with Crippen molar-refractivity contribution in [2.24, 2.45) is 0 Å². The highest BCUT2D eigenvalue weighted by Gasteiger charge is 2.21. The van der Waals surface area contributed by atoms with E-state index in [4.69, 9.17) is 4.42 Å². The summed E-state index contributed by atoms with van der Waals surface area (Å²) in [6, 6.07) is 5.69. The maximum atomic E-state index is 12.5. The first-order valence-corrected chi connectivity index (χ1v) is 12.4. The molecule has 2 heterocycles. The number of nitrogens with zero attached hydrogens (tertiary/aromatic N) is 3. The lowest BCUT2D eigenvalue weighted by molar-refractivity contribution is -0.112. The Morgan fingerprint density at radius 1 is 1.13 bits per heavy atom. The standard InChI is InChI=1S/C22H26N4O2S2/c23-14-16(13-17-11-12-19(28-17)29-18-9-5-2-6-10-18)20(27)24-22-26-25-21(30-22)15-7-3-1-4-8-15/h11-13,15,18H,1-10H2,(H,24,26,27)/b16-13-. The van der Waals surface area contributed by atoms with Crippen LogP contribution in [-0.4, -0.2) is 21.4 Å². The van der Waals surface area contributed by atoms with Crippen molar-refractivity contribution in [1.82, 2.24) is 10.2 Å². The first kappa shape index (κ1) is 21.1. The second kappa shape index (κ2) is 10.3. The van der Waals surface area contributed by atoms with Gasteiger partial charge in [0.1, 0.15) is 22.4 Å². The molecule has 6 nitrogen and oxygen atoms in total. The van der Waals surface area contributed by atoms with Gasteiger partial charge < -0.3 is 4.42 Å². The van der Waals surface area contributed by atoms with E-state index in [1.807, 2.05) is 18.2 Å². The summed E-state index contributed by atoms with van der Waals surface area (Å²) < 4.78 is 5.83. The number of amides is 1. The first-order chi connectivity index (χ1) is 14.7. The fraction of sp³-hybridized carbons (Fsp3) is 0.545. The number of carbonyl (C=O) groups is 1. The van der Waals surface area contributed by atoms with Gasteiger partial charge in [-0.1, -0.05) is 61.6 Å². The number of anilines is 1. The van der Waals surface area contributed by atoms with Gasteiger partial charge in [0.05, 0.1) is 0 Å². The van der Waals surface area contributed by atoms with Crippen LogP contribution in [0.3, 0.4) is 0 Å². The Bertz CT molecular complexity index is 931. The zero-order valence-corrected chi connectivity index (χ0v) is 18.6. The number of thioether (sulfide) groups is 1. The summed E-state index contributed by atoms with van der Waals surface area (Å²) in [5, 5.41) is 23.4. The molecule has 2 aliphatic carbocycles. The SMILES string of the molecule is N#C/C(=C/c1ccc(SC2CCCCC2)o1)C(=O)Nc1nnc(C2CCCCC2)s1. The van der Waals surface area contributed by atoms with Crippen LogP contribution in [0.15, 0.2) is 27.2 Å². The smallest absolute Gasteiger partial charge is 0.268 e. The first-order valence-electron chi connectivity index (χ1n) is 10.7. The molecule has 0 spiro atoms. The Morgan fingerprint density at radius 2 is 1.87 bits per heavy atom. The van der Waals surface area contributed by atoms with E-state index in [0.29, 0.717) is 22.1 Å². The van der Waals surface area contributed by atoms with Crippen LogP contribution in [0.4, 0.5) is 5.13 Å². The summed E-state index contributed by atoms with van der Waals surface area (Å²) in [5.41, 5.74) is -0.00650. The highest BCUT2D eigenvalue weighted by atomic mass is 32.2. The maximum Gasteiger partial charge on any atom is 0.268 e. The van der Waals surface area contributed by atoms with Crippen molar-refractivity contribution < 1.29 is 9.21 Å². The Balaban J connectivity index is 1.37. The second-order valence-corrected chi connectivity index (χ2v) is 10.3. The van der Waals surface area contributed by atoms with Gasteiger partial charge >= 0.3 is 0 Å². The molecule has 4 rings (SSSR count). The van der Waals surface area contributed by atoms with E-state index in [2.05, 4.69) is 15.5 Å². The van der Waals surface area contributed by atoms with E-state index < -0.39 is 5.91 Å². The highest BCUT2D eigenvalue weighted by molar-refractivity contribution is 7.99. The van der Waals surface area contributed by atoms with E-state index in [-0.39, 0.29) is 5.57 Å². The van der Waals surface area contributed by atoms with Crippen molar-refractivity contribution in [3.05, 3.63) is 28.5 Å². The van der Waals surface area contributed by atoms with E-state index >= 15 is 0 Å². The number of hydrogen-bond acceptors (Lipinski definition) is 7. The molecule has 0 bridgehead atoms. The van der Waals surface area contributed by atoms with Crippen molar-refractivity contribution in [3.63, 3.8) is 0 Å². The molecule has 1 amide bonds. The van der Waals surface area contributed by atoms with E-state index in [1.165, 1.54) is 68.8 Å². The zero-order chi connectivity index (χ0) is 20.8. The summed E-state index contributed by atoms with van der Waals surface area (Å²) in [6.45, 7) is 0. The molecule has 2 aromatic heterocycles. The zero-order valence-electron chi connectivity index (χ0n) is 16.9. The topological polar surface area (TPSA) is 91.8 Å². The van der Waals surface area contributed by atoms with Gasteiger partial charge in [0.25, 0.3) is 5.91 Å². The minimum Gasteiger partial charge on any atom is -0.450 e. The second-order valence-electron chi connectivity index (χ2n) is 7.94. The molecule has 0 radical (unpaired) electrons. The Hall–Kier alpha value is -2.11. The van der Waals surface area contributed by atoms with Crippen LogP contribution in [0, 0.1) is 11.3 Å². The van der Waals surface area contributed by atoms with Crippen LogP contribution in [0.1, 0.15) is 80.9 Å². The number of furan rings is 1. The van der Waals surface area contributed by atoms with E-state index in [9.17, 15) is 10.1 Å². The van der Waals surface area contributed by atoms with Gasteiger partial charge in [-0.2, -0.15) is 5.26 Å². The molecule has 1 N–H and O–H groups in total. The molecule has 30 heavy (non-hydrogen) atoms. The number of rotatable bonds is 6. The summed E-state index contributed by atoms with van der Waals surface area (Å²) in [6.07, 6.45) is 13.8. The van der Waals surface area contributed by atoms with Crippen LogP contribution < -0.4 is 5.32 Å². The molecule has 0 atom stereocenters. The minimum absolute atomic E-state index is 0.00650. The molecule has 158 valence electrons. The van der Waals surface area contributed by atoms with Gasteiger partial charge in [-0.3, -0.25) is 10.1 Å². The summed E-state index contributed by atoms with van der Waals surface area (Å²) >= 11 is 3.16. The van der Waals surface area contributed by atoms with Crippen LogP contribution in [0.2, 0.25) is 0 Å². The number of nitrogens with one attached hydrogen (secondary N) is 1. The van der Waals surface area contributed by atoms with Crippen LogP contribution in [0.5, 0.6) is 0 Å². The van der Waals surface area contributed by atoms with Crippen LogP contribution in [-0.2, 0) is 4.79 Å². The number of carbonyl (C=O) groups excluding carboxylic acids is 1. The van der Waals surface area contributed by atoms with Crippen LogP contribution >= 0.6 is 23.1 Å². The van der Waals surface area contributed by atoms with Crippen molar-refractivity contribution in [1.29, 1.82) is 5.26 Å². The molecule has 2 saturated carbocycles. The van der Waals surface area contributed by atoms with Crippen molar-refractivity contribution >= 4 is 40.2 Å². The quantitative estimate of drug-likeness (QED) is 0.426. The third-order valence-corrected chi connectivity index (χ3v) is 7.96. The van der Waals surface area contributed by atoms with Gasteiger partial charge in [-0.05, 0) is 37.8 Å². The van der Waals surface area contributed by atoms with Gasteiger partial charge in [-0.15, -0.1) is 10.2 Å². The summed E-state index contributed by atoms with van der Waals surface area (Å²) in [5.74, 6) is 0.470. The minimum atomic E-state index is -0.485. The summed E-state index contributed by atoms with van der Waals surface area (Å²) in [4.78, 5) is 12.5. The molecular formula is C22H26N4O2S2. The van der Waals surface area contributed by atoms with Gasteiger partial charge in [0, 0.05) is 17.2 Å². The molecule has 2 aromatic rings. The Labute approximate surface area is 185 Å². The number of nitriles is 1. The third-order valence-electron chi connectivity index (χ3n) is 5.70. The van der Waals surface area contributed by atoms with E-state index in [1.54, 1.807) is 11.8 Å². The lowest BCUT2D eigenvalue weighted by Gasteiger charge is -2.19. The lowest BCUT2D eigenvalue weighted by Crippen LogP contribution is -2.13. The molecule has 8 heteroatoms. The van der Waals surface area contributed by atoms with Gasteiger partial charge in [-0.25, -0.2) is 0 Å². The predicted molar refractivity (Wildman–Crippen MR) is 119 cm³/mol. The highest BCUT2D eigenvalue weighted by Crippen LogP contribution is 2.36. The molecule has 2 fully saturated rings. The lowest BCUT2D eigenvalue weighted by atomic mass is 9.90. The number of hydrogen-bond donors (Lipinski definition) is 1. The Morgan fingerprint density at radius 3 is 2.60 bits per heavy atom. The monoisotopic (exact) mass is 442 g/mol. The summed E-state index contributed by atoms with van der Waals surface area (Å²) in [7, 11) is 0. The predicted octanol–water partition coefficient (Wildman–Crippen LogP) is 6.15. The van der Waals surface area contributed by atoms with Crippen molar-refractivity contribution in [2.45, 2.75) is 80.5 Å². The largest absolute Gasteiger partial charge is 0.450 e. The fourth-order valence-electron chi connectivity index (χ4n) is 4.08. The maximum absolute atomic E-state index is 12.5. The molecule has 2 aliphatic rings. The average Bonchev–Trinajstić information content (AvgIpc) is 3.43. The number of aromatic nitrogens is 2. The van der Waals surface area contributed by atoms with Gasteiger partial charge in [0.2, 0.25) is 5.13 Å². The molecule has 0 aliphatic heterocycles. The van der Waals surface area contributed by atoms with Crippen LogP contribution in [0.25, 0.3) is 6.08 Å². The fourth-order valence-corrected chi connectivity index (χ4v) is 6.17. The van der Waals surface area contributed by atoms with Crippen molar-refractivity contribution in [3.8, 4) is 6.07 Å².